The Morgan fingerprint density at radius 3 is 2.88 bits per heavy atom. The molecule has 0 aliphatic carbocycles. The zero-order valence-corrected chi connectivity index (χ0v) is 9.30. The van der Waals surface area contributed by atoms with E-state index < -0.39 is 0 Å². The molecule has 0 saturated heterocycles. The van der Waals surface area contributed by atoms with Gasteiger partial charge in [-0.1, -0.05) is 23.4 Å². The van der Waals surface area contributed by atoms with E-state index in [1.165, 1.54) is 6.20 Å². The number of benzene rings is 1. The van der Waals surface area contributed by atoms with E-state index in [4.69, 9.17) is 4.52 Å². The monoisotopic (exact) mass is 232 g/mol. The molecule has 1 amide bonds. The number of nitrogens with zero attached hydrogens (tertiary/aromatic N) is 1. The Morgan fingerprint density at radius 2 is 2.24 bits per heavy atom. The van der Waals surface area contributed by atoms with Gasteiger partial charge in [0.05, 0.1) is 6.20 Å². The molecule has 0 aliphatic heterocycles. The first-order valence-corrected chi connectivity index (χ1v) is 5.15. The second-order valence-corrected chi connectivity index (χ2v) is 3.65. The van der Waals surface area contributed by atoms with Gasteiger partial charge >= 0.3 is 0 Å². The number of rotatable bonds is 3. The van der Waals surface area contributed by atoms with Crippen molar-refractivity contribution in [2.75, 3.05) is 0 Å². The second-order valence-electron chi connectivity index (χ2n) is 3.65. The number of hydrogen-bond acceptors (Lipinski definition) is 4. The van der Waals surface area contributed by atoms with E-state index in [1.54, 1.807) is 31.2 Å². The lowest BCUT2D eigenvalue weighted by Crippen LogP contribution is -2.22. The molecule has 0 bridgehead atoms. The van der Waals surface area contributed by atoms with Gasteiger partial charge < -0.3 is 14.9 Å². The van der Waals surface area contributed by atoms with E-state index in [1.807, 2.05) is 0 Å². The lowest BCUT2D eigenvalue weighted by molar-refractivity contribution is 0.0913. The number of nitrogens with one attached hydrogen (secondary N) is 1. The highest BCUT2D eigenvalue weighted by atomic mass is 16.5. The molecule has 5 heteroatoms. The number of phenols is 1. The van der Waals surface area contributed by atoms with Crippen LogP contribution >= 0.6 is 0 Å². The summed E-state index contributed by atoms with van der Waals surface area (Å²) >= 11 is 0. The van der Waals surface area contributed by atoms with Crippen LogP contribution in [0.15, 0.2) is 35.0 Å². The Morgan fingerprint density at radius 1 is 1.47 bits per heavy atom. The molecule has 17 heavy (non-hydrogen) atoms. The number of aromatic hydroxyl groups is 1. The lowest BCUT2D eigenvalue weighted by atomic mass is 10.2. The summed E-state index contributed by atoms with van der Waals surface area (Å²) in [6.07, 6.45) is 1.48. The van der Waals surface area contributed by atoms with Gasteiger partial charge in [-0.3, -0.25) is 4.79 Å². The third-order valence-electron chi connectivity index (χ3n) is 2.39. The predicted molar refractivity (Wildman–Crippen MR) is 60.5 cm³/mol. The fraction of sp³-hybridized carbons (Fsp3) is 0.167. The Balaban J connectivity index is 2.02. The van der Waals surface area contributed by atoms with Crippen LogP contribution in [-0.4, -0.2) is 16.2 Å². The van der Waals surface area contributed by atoms with Crippen molar-refractivity contribution in [1.82, 2.24) is 10.5 Å². The van der Waals surface area contributed by atoms with Crippen LogP contribution in [0, 0.1) is 6.92 Å². The molecule has 2 aromatic rings. The first kappa shape index (κ1) is 11.2. The van der Waals surface area contributed by atoms with Crippen LogP contribution in [0.5, 0.6) is 5.75 Å². The Bertz CT molecular complexity index is 534. The predicted octanol–water partition coefficient (Wildman–Crippen LogP) is 1.62. The van der Waals surface area contributed by atoms with Gasteiger partial charge in [-0.25, -0.2) is 0 Å². The van der Waals surface area contributed by atoms with Crippen molar-refractivity contribution < 1.29 is 14.4 Å². The molecule has 88 valence electrons. The van der Waals surface area contributed by atoms with Crippen LogP contribution in [0.25, 0.3) is 0 Å². The fourth-order valence-corrected chi connectivity index (χ4v) is 1.43. The second kappa shape index (κ2) is 4.69. The molecular formula is C12H12N2O3. The maximum absolute atomic E-state index is 11.7. The standard InChI is InChI=1S/C12H12N2O3/c1-8-6-14-17-11(8)12(16)13-7-9-4-2-3-5-10(9)15/h2-6,15H,7H2,1H3,(H,13,16). The van der Waals surface area contributed by atoms with Gasteiger partial charge in [-0.05, 0) is 13.0 Å². The molecule has 0 radical (unpaired) electrons. The molecule has 0 unspecified atom stereocenters. The highest BCUT2D eigenvalue weighted by Crippen LogP contribution is 2.15. The summed E-state index contributed by atoms with van der Waals surface area (Å²) < 4.78 is 4.82. The van der Waals surface area contributed by atoms with Gasteiger partial charge in [-0.2, -0.15) is 0 Å². The number of carbonyl (C=O) groups excluding carboxylic acids is 1. The summed E-state index contributed by atoms with van der Waals surface area (Å²) in [5.74, 6) is 0.00534. The zero-order chi connectivity index (χ0) is 12.3. The van der Waals surface area contributed by atoms with Crippen molar-refractivity contribution in [3.63, 3.8) is 0 Å². The first-order chi connectivity index (χ1) is 8.18. The van der Waals surface area contributed by atoms with E-state index >= 15 is 0 Å². The average Bonchev–Trinajstić information content (AvgIpc) is 2.74. The van der Waals surface area contributed by atoms with Gasteiger partial charge in [0.1, 0.15) is 5.75 Å². The summed E-state index contributed by atoms with van der Waals surface area (Å²) in [7, 11) is 0. The van der Waals surface area contributed by atoms with Crippen molar-refractivity contribution in [3.8, 4) is 5.75 Å². The van der Waals surface area contributed by atoms with Crippen LogP contribution < -0.4 is 5.32 Å². The highest BCUT2D eigenvalue weighted by Gasteiger charge is 2.13. The van der Waals surface area contributed by atoms with E-state index in [0.29, 0.717) is 11.1 Å². The number of amides is 1. The molecule has 0 fully saturated rings. The maximum Gasteiger partial charge on any atom is 0.290 e. The van der Waals surface area contributed by atoms with Crippen LogP contribution in [-0.2, 0) is 6.54 Å². The molecule has 0 saturated carbocycles. The van der Waals surface area contributed by atoms with E-state index in [-0.39, 0.29) is 24.0 Å². The van der Waals surface area contributed by atoms with Crippen LogP contribution in [0.1, 0.15) is 21.7 Å². The summed E-state index contributed by atoms with van der Waals surface area (Å²) in [5, 5.41) is 15.7. The SMILES string of the molecule is Cc1cnoc1C(=O)NCc1ccccc1O. The Hall–Kier alpha value is -2.30. The van der Waals surface area contributed by atoms with Crippen molar-refractivity contribution in [2.45, 2.75) is 13.5 Å². The summed E-state index contributed by atoms with van der Waals surface area (Å²) in [5.41, 5.74) is 1.33. The molecule has 1 heterocycles. The quantitative estimate of drug-likeness (QED) is 0.843. The van der Waals surface area contributed by atoms with Crippen LogP contribution in [0.3, 0.4) is 0 Å². The lowest BCUT2D eigenvalue weighted by Gasteiger charge is -2.05. The van der Waals surface area contributed by atoms with E-state index in [2.05, 4.69) is 10.5 Å². The van der Waals surface area contributed by atoms with Gasteiger partial charge in [0.15, 0.2) is 0 Å². The van der Waals surface area contributed by atoms with Crippen molar-refractivity contribution >= 4 is 5.91 Å². The number of phenolic OH excluding ortho intramolecular Hbond substituents is 1. The molecule has 0 aliphatic rings. The third-order valence-corrected chi connectivity index (χ3v) is 2.39. The first-order valence-electron chi connectivity index (χ1n) is 5.15. The largest absolute Gasteiger partial charge is 0.508 e. The number of para-hydroxylation sites is 1. The summed E-state index contributed by atoms with van der Waals surface area (Å²) in [6, 6.07) is 6.83. The molecular weight excluding hydrogens is 220 g/mol. The van der Waals surface area contributed by atoms with Crippen LogP contribution in [0.2, 0.25) is 0 Å². The number of aromatic nitrogens is 1. The maximum atomic E-state index is 11.7. The molecule has 5 nitrogen and oxygen atoms in total. The number of carbonyl (C=O) groups is 1. The molecule has 1 aromatic carbocycles. The smallest absolute Gasteiger partial charge is 0.290 e. The van der Waals surface area contributed by atoms with Gasteiger partial charge in [-0.15, -0.1) is 0 Å². The van der Waals surface area contributed by atoms with Gasteiger partial charge in [0, 0.05) is 17.7 Å². The Labute approximate surface area is 98.1 Å². The van der Waals surface area contributed by atoms with E-state index in [0.717, 1.165) is 0 Å². The van der Waals surface area contributed by atoms with Crippen LogP contribution in [0.4, 0.5) is 0 Å². The summed E-state index contributed by atoms with van der Waals surface area (Å²) in [4.78, 5) is 11.7. The van der Waals surface area contributed by atoms with Crippen molar-refractivity contribution in [2.24, 2.45) is 0 Å². The van der Waals surface area contributed by atoms with E-state index in [9.17, 15) is 9.90 Å². The topological polar surface area (TPSA) is 75.4 Å². The van der Waals surface area contributed by atoms with Gasteiger partial charge in [0.2, 0.25) is 5.76 Å². The highest BCUT2D eigenvalue weighted by molar-refractivity contribution is 5.92. The Kier molecular flexibility index (Phi) is 3.09. The molecule has 0 spiro atoms. The molecule has 2 N–H and O–H groups in total. The number of aryl methyl sites for hydroxylation is 1. The normalized spacial score (nSPS) is 10.2. The molecule has 1 aromatic heterocycles. The minimum absolute atomic E-state index is 0.155. The molecule has 0 atom stereocenters. The minimum Gasteiger partial charge on any atom is -0.508 e. The molecule has 2 rings (SSSR count). The summed E-state index contributed by atoms with van der Waals surface area (Å²) in [6.45, 7) is 1.98. The average molecular weight is 232 g/mol. The fourth-order valence-electron chi connectivity index (χ4n) is 1.43. The third kappa shape index (κ3) is 2.44. The number of hydrogen-bond donors (Lipinski definition) is 2. The minimum atomic E-state index is -0.344. The zero-order valence-electron chi connectivity index (χ0n) is 9.30. The van der Waals surface area contributed by atoms with Crippen molar-refractivity contribution in [1.29, 1.82) is 0 Å². The van der Waals surface area contributed by atoms with Crippen molar-refractivity contribution in [3.05, 3.63) is 47.3 Å². The van der Waals surface area contributed by atoms with Gasteiger partial charge in [0.25, 0.3) is 5.91 Å².